The van der Waals surface area contributed by atoms with E-state index in [-0.39, 0.29) is 12.2 Å². The average molecular weight is 301 g/mol. The second-order valence-electron chi connectivity index (χ2n) is 4.50. The van der Waals surface area contributed by atoms with Gasteiger partial charge in [-0.2, -0.15) is 5.10 Å². The van der Waals surface area contributed by atoms with Crippen molar-refractivity contribution >= 4 is 11.9 Å². The van der Waals surface area contributed by atoms with Gasteiger partial charge in [-0.1, -0.05) is 18.2 Å². The van der Waals surface area contributed by atoms with Crippen molar-refractivity contribution < 1.29 is 14.3 Å². The summed E-state index contributed by atoms with van der Waals surface area (Å²) in [6.45, 7) is 1.40. The Morgan fingerprint density at radius 3 is 2.59 bits per heavy atom. The summed E-state index contributed by atoms with van der Waals surface area (Å²) in [4.78, 5) is 34.9. The molecule has 114 valence electrons. The third-order valence-corrected chi connectivity index (χ3v) is 2.94. The van der Waals surface area contributed by atoms with Crippen LogP contribution < -0.4 is 10.7 Å². The molecule has 7 nitrogen and oxygen atoms in total. The van der Waals surface area contributed by atoms with E-state index in [2.05, 4.69) is 15.2 Å². The monoisotopic (exact) mass is 301 g/mol. The summed E-state index contributed by atoms with van der Waals surface area (Å²) >= 11 is 0. The standard InChI is InChI=1S/C15H15N3O4/c1-10-8-12(19)14(15(21)16-9-13(20)22-2)17-18(10)11-6-4-3-5-7-11/h3-8H,9H2,1-2H3,(H,16,21). The first kappa shape index (κ1) is 15.4. The fourth-order valence-electron chi connectivity index (χ4n) is 1.84. The molecule has 1 N–H and O–H groups in total. The van der Waals surface area contributed by atoms with Crippen molar-refractivity contribution in [3.63, 3.8) is 0 Å². The molecule has 0 saturated heterocycles. The lowest BCUT2D eigenvalue weighted by atomic mass is 10.2. The number of nitrogens with zero attached hydrogens (tertiary/aromatic N) is 2. The predicted molar refractivity (Wildman–Crippen MR) is 78.9 cm³/mol. The maximum absolute atomic E-state index is 12.0. The molecule has 1 aromatic heterocycles. The van der Waals surface area contributed by atoms with E-state index in [9.17, 15) is 14.4 Å². The number of nitrogens with one attached hydrogen (secondary N) is 1. The molecular formula is C15H15N3O4. The maximum Gasteiger partial charge on any atom is 0.325 e. The van der Waals surface area contributed by atoms with Gasteiger partial charge in [0.05, 0.1) is 12.8 Å². The summed E-state index contributed by atoms with van der Waals surface area (Å²) in [6.07, 6.45) is 0. The molecule has 0 fully saturated rings. The zero-order valence-electron chi connectivity index (χ0n) is 12.2. The Morgan fingerprint density at radius 1 is 1.27 bits per heavy atom. The van der Waals surface area contributed by atoms with Gasteiger partial charge < -0.3 is 10.1 Å². The van der Waals surface area contributed by atoms with Crippen LogP contribution in [0.3, 0.4) is 0 Å². The minimum atomic E-state index is -0.722. The molecular weight excluding hydrogens is 286 g/mol. The van der Waals surface area contributed by atoms with E-state index in [4.69, 9.17) is 0 Å². The smallest absolute Gasteiger partial charge is 0.325 e. The number of aromatic nitrogens is 2. The number of hydrogen-bond donors (Lipinski definition) is 1. The molecule has 0 aliphatic carbocycles. The Hall–Kier alpha value is -2.96. The van der Waals surface area contributed by atoms with Gasteiger partial charge in [-0.3, -0.25) is 14.4 Å². The van der Waals surface area contributed by atoms with Crippen LogP contribution in [0, 0.1) is 6.92 Å². The van der Waals surface area contributed by atoms with Crippen LogP contribution in [-0.4, -0.2) is 35.3 Å². The molecule has 22 heavy (non-hydrogen) atoms. The second kappa shape index (κ2) is 6.66. The summed E-state index contributed by atoms with van der Waals surface area (Å²) in [7, 11) is 1.21. The number of carbonyl (C=O) groups excluding carboxylic acids is 2. The number of rotatable bonds is 4. The number of esters is 1. The van der Waals surface area contributed by atoms with E-state index < -0.39 is 17.3 Å². The third kappa shape index (κ3) is 3.38. The minimum Gasteiger partial charge on any atom is -0.468 e. The normalized spacial score (nSPS) is 10.1. The third-order valence-electron chi connectivity index (χ3n) is 2.94. The number of benzene rings is 1. The number of methoxy groups -OCH3 is 1. The van der Waals surface area contributed by atoms with Gasteiger partial charge in [0, 0.05) is 11.8 Å². The van der Waals surface area contributed by atoms with Crippen LogP contribution in [0.2, 0.25) is 0 Å². The fourth-order valence-corrected chi connectivity index (χ4v) is 1.84. The van der Waals surface area contributed by atoms with E-state index >= 15 is 0 Å². The second-order valence-corrected chi connectivity index (χ2v) is 4.50. The molecule has 1 heterocycles. The summed E-state index contributed by atoms with van der Waals surface area (Å²) in [5.74, 6) is -1.33. The van der Waals surface area contributed by atoms with E-state index in [0.29, 0.717) is 5.69 Å². The molecule has 0 bridgehead atoms. The first-order valence-corrected chi connectivity index (χ1v) is 6.54. The van der Waals surface area contributed by atoms with Gasteiger partial charge in [0.15, 0.2) is 5.69 Å². The van der Waals surface area contributed by atoms with Crippen LogP contribution in [0.15, 0.2) is 41.2 Å². The Bertz CT molecular complexity index is 753. The van der Waals surface area contributed by atoms with Gasteiger partial charge in [0.25, 0.3) is 5.91 Å². The van der Waals surface area contributed by atoms with E-state index in [0.717, 1.165) is 5.69 Å². The number of amides is 1. The topological polar surface area (TPSA) is 90.3 Å². The molecule has 0 spiro atoms. The SMILES string of the molecule is COC(=O)CNC(=O)c1nn(-c2ccccc2)c(C)cc1=O. The fraction of sp³-hybridized carbons (Fsp3) is 0.200. The van der Waals surface area contributed by atoms with Crippen molar-refractivity contribution in [3.8, 4) is 5.69 Å². The summed E-state index contributed by atoms with van der Waals surface area (Å²) < 4.78 is 5.92. The number of carbonyl (C=O) groups is 2. The van der Waals surface area contributed by atoms with Gasteiger partial charge in [-0.05, 0) is 19.1 Å². The Kier molecular flexibility index (Phi) is 4.67. The van der Waals surface area contributed by atoms with E-state index in [1.165, 1.54) is 17.9 Å². The number of para-hydroxylation sites is 1. The maximum atomic E-state index is 12.0. The van der Waals surface area contributed by atoms with Crippen LogP contribution in [-0.2, 0) is 9.53 Å². The molecule has 2 rings (SSSR count). The van der Waals surface area contributed by atoms with Crippen molar-refractivity contribution in [1.29, 1.82) is 0 Å². The molecule has 0 unspecified atom stereocenters. The van der Waals surface area contributed by atoms with Crippen molar-refractivity contribution in [3.05, 3.63) is 58.0 Å². The lowest BCUT2D eigenvalue weighted by Crippen LogP contribution is -2.35. The van der Waals surface area contributed by atoms with E-state index in [1.54, 1.807) is 19.1 Å². The van der Waals surface area contributed by atoms with Gasteiger partial charge in [0.1, 0.15) is 6.54 Å². The van der Waals surface area contributed by atoms with Gasteiger partial charge in [0.2, 0.25) is 5.43 Å². The zero-order valence-corrected chi connectivity index (χ0v) is 12.2. The molecule has 1 aromatic carbocycles. The van der Waals surface area contributed by atoms with Gasteiger partial charge in [-0.25, -0.2) is 4.68 Å². The zero-order chi connectivity index (χ0) is 16.1. The molecule has 0 radical (unpaired) electrons. The highest BCUT2D eigenvalue weighted by molar-refractivity contribution is 5.94. The van der Waals surface area contributed by atoms with Crippen LogP contribution in [0.25, 0.3) is 5.69 Å². The van der Waals surface area contributed by atoms with Crippen molar-refractivity contribution in [2.75, 3.05) is 13.7 Å². The lowest BCUT2D eigenvalue weighted by Gasteiger charge is -2.11. The highest BCUT2D eigenvalue weighted by Gasteiger charge is 2.16. The largest absolute Gasteiger partial charge is 0.468 e. The lowest BCUT2D eigenvalue weighted by molar-refractivity contribution is -0.139. The van der Waals surface area contributed by atoms with Crippen molar-refractivity contribution in [2.45, 2.75) is 6.92 Å². The average Bonchev–Trinajstić information content (AvgIpc) is 2.53. The highest BCUT2D eigenvalue weighted by atomic mass is 16.5. The Labute approximate surface area is 126 Å². The van der Waals surface area contributed by atoms with Crippen LogP contribution in [0.4, 0.5) is 0 Å². The minimum absolute atomic E-state index is 0.279. The predicted octanol–water partition coefficient (Wildman–Crippen LogP) is 0.444. The molecule has 0 atom stereocenters. The van der Waals surface area contributed by atoms with Gasteiger partial charge >= 0.3 is 5.97 Å². The van der Waals surface area contributed by atoms with E-state index in [1.807, 2.05) is 18.2 Å². The number of hydrogen-bond acceptors (Lipinski definition) is 5. The Morgan fingerprint density at radius 2 is 1.95 bits per heavy atom. The van der Waals surface area contributed by atoms with Gasteiger partial charge in [-0.15, -0.1) is 0 Å². The van der Waals surface area contributed by atoms with Crippen molar-refractivity contribution in [1.82, 2.24) is 15.1 Å². The Balaban J connectivity index is 2.35. The highest BCUT2D eigenvalue weighted by Crippen LogP contribution is 2.07. The summed E-state index contributed by atoms with van der Waals surface area (Å²) in [5.41, 5.74) is 0.535. The van der Waals surface area contributed by atoms with Crippen LogP contribution >= 0.6 is 0 Å². The first-order chi connectivity index (χ1) is 10.5. The molecule has 2 aromatic rings. The summed E-state index contributed by atoms with van der Waals surface area (Å²) in [5, 5.41) is 6.39. The molecule has 7 heteroatoms. The van der Waals surface area contributed by atoms with Crippen molar-refractivity contribution in [2.24, 2.45) is 0 Å². The molecule has 0 aliphatic rings. The first-order valence-electron chi connectivity index (χ1n) is 6.54. The van der Waals surface area contributed by atoms with Crippen LogP contribution in [0.1, 0.15) is 16.2 Å². The molecule has 0 saturated carbocycles. The molecule has 1 amide bonds. The quantitative estimate of drug-likeness (QED) is 0.828. The number of ether oxygens (including phenoxy) is 1. The summed E-state index contributed by atoms with van der Waals surface area (Å²) in [6, 6.07) is 10.4. The molecule has 0 aliphatic heterocycles. The number of aryl methyl sites for hydroxylation is 1. The van der Waals surface area contributed by atoms with Crippen LogP contribution in [0.5, 0.6) is 0 Å².